The Hall–Kier alpha value is -4.66. The van der Waals surface area contributed by atoms with Gasteiger partial charge in [0.15, 0.2) is 0 Å². The molecule has 244 valence electrons. The average Bonchev–Trinajstić information content (AvgIpc) is 3.03. The van der Waals surface area contributed by atoms with Gasteiger partial charge in [0, 0.05) is 24.3 Å². The molecule has 0 aromatic heterocycles. The summed E-state index contributed by atoms with van der Waals surface area (Å²) in [5.74, 6) is 1.64. The Morgan fingerprint density at radius 3 is 1.94 bits per heavy atom. The molecule has 5 aromatic rings. The summed E-state index contributed by atoms with van der Waals surface area (Å²) in [7, 11) is -2.79. The van der Waals surface area contributed by atoms with Crippen LogP contribution in [-0.2, 0) is 23.1 Å². The largest absolute Gasteiger partial charge is 0.508 e. The SMILES string of the molecule is COc1ccc(N(Cc2ccccc2)Cc2ccccc2)c(Cl)c1S(=O)(=O)Nc1cc(C)c(Oc2ccc(O)c(C(C)C)c2)c(C)c1. The zero-order valence-electron chi connectivity index (χ0n) is 27.1. The fraction of sp³-hybridized carbons (Fsp3) is 0.211. The van der Waals surface area contributed by atoms with Gasteiger partial charge in [0.2, 0.25) is 0 Å². The van der Waals surface area contributed by atoms with E-state index in [0.717, 1.165) is 27.8 Å². The van der Waals surface area contributed by atoms with E-state index in [0.29, 0.717) is 36.0 Å². The van der Waals surface area contributed by atoms with Gasteiger partial charge in [-0.1, -0.05) is 86.1 Å². The van der Waals surface area contributed by atoms with E-state index in [4.69, 9.17) is 21.1 Å². The molecule has 7 nitrogen and oxygen atoms in total. The number of anilines is 2. The normalized spacial score (nSPS) is 11.4. The van der Waals surface area contributed by atoms with E-state index in [1.165, 1.54) is 7.11 Å². The quantitative estimate of drug-likeness (QED) is 0.137. The van der Waals surface area contributed by atoms with Crippen molar-refractivity contribution >= 4 is 33.0 Å². The molecule has 0 spiro atoms. The van der Waals surface area contributed by atoms with Crippen molar-refractivity contribution in [1.29, 1.82) is 0 Å². The lowest BCUT2D eigenvalue weighted by atomic mass is 10.0. The van der Waals surface area contributed by atoms with Crippen LogP contribution < -0.4 is 19.1 Å². The van der Waals surface area contributed by atoms with Gasteiger partial charge >= 0.3 is 0 Å². The molecule has 9 heteroatoms. The summed E-state index contributed by atoms with van der Waals surface area (Å²) in [6, 6.07) is 31.9. The third-order valence-electron chi connectivity index (χ3n) is 7.86. The third kappa shape index (κ3) is 7.84. The van der Waals surface area contributed by atoms with E-state index >= 15 is 0 Å². The highest BCUT2D eigenvalue weighted by Crippen LogP contribution is 2.41. The number of aromatic hydroxyl groups is 1. The molecule has 5 rings (SSSR count). The minimum Gasteiger partial charge on any atom is -0.508 e. The summed E-state index contributed by atoms with van der Waals surface area (Å²) in [6.45, 7) is 8.71. The summed E-state index contributed by atoms with van der Waals surface area (Å²) >= 11 is 7.02. The minimum atomic E-state index is -4.22. The molecular weight excluding hydrogens is 632 g/mol. The minimum absolute atomic E-state index is 0.0606. The van der Waals surface area contributed by atoms with Crippen LogP contribution in [0.2, 0.25) is 5.02 Å². The van der Waals surface area contributed by atoms with Crippen LogP contribution in [0.1, 0.15) is 47.6 Å². The van der Waals surface area contributed by atoms with Crippen LogP contribution in [0.5, 0.6) is 23.0 Å². The highest BCUT2D eigenvalue weighted by molar-refractivity contribution is 7.93. The van der Waals surface area contributed by atoms with Crippen molar-refractivity contribution in [2.75, 3.05) is 16.7 Å². The van der Waals surface area contributed by atoms with Crippen LogP contribution in [0.3, 0.4) is 0 Å². The Kier molecular flexibility index (Phi) is 10.3. The second kappa shape index (κ2) is 14.4. The number of phenolic OH excluding ortho intramolecular Hbond substituents is 1. The highest BCUT2D eigenvalue weighted by Gasteiger charge is 2.28. The van der Waals surface area contributed by atoms with Crippen LogP contribution in [0, 0.1) is 13.8 Å². The molecular formula is C38H39ClN2O5S. The topological polar surface area (TPSA) is 88.1 Å². The Labute approximate surface area is 282 Å². The van der Waals surface area contributed by atoms with E-state index in [2.05, 4.69) is 9.62 Å². The molecule has 0 saturated heterocycles. The van der Waals surface area contributed by atoms with E-state index in [9.17, 15) is 13.5 Å². The van der Waals surface area contributed by atoms with Crippen LogP contribution in [-0.4, -0.2) is 20.6 Å². The van der Waals surface area contributed by atoms with Gasteiger partial charge in [-0.3, -0.25) is 4.72 Å². The molecule has 0 radical (unpaired) electrons. The van der Waals surface area contributed by atoms with Crippen LogP contribution in [0.15, 0.2) is 108 Å². The Morgan fingerprint density at radius 1 is 0.830 bits per heavy atom. The maximum Gasteiger partial charge on any atom is 0.267 e. The standard InChI is InChI=1S/C38H39ClN2O5S/c1-25(2)32-22-31(16-18-34(32)42)46-37-26(3)20-30(21-27(37)4)40-47(43,44)38-35(45-5)19-17-33(36(38)39)41(23-28-12-8-6-9-13-28)24-29-14-10-7-11-15-29/h6-22,25,40,42H,23-24H2,1-5H3. The summed E-state index contributed by atoms with van der Waals surface area (Å²) < 4.78 is 42.6. The smallest absolute Gasteiger partial charge is 0.267 e. The lowest BCUT2D eigenvalue weighted by Gasteiger charge is -2.28. The first-order valence-corrected chi connectivity index (χ1v) is 17.2. The average molecular weight is 671 g/mol. The molecule has 0 atom stereocenters. The number of methoxy groups -OCH3 is 1. The van der Waals surface area contributed by atoms with Gasteiger partial charge in [0.05, 0.1) is 17.8 Å². The van der Waals surface area contributed by atoms with E-state index in [-0.39, 0.29) is 27.3 Å². The molecule has 0 amide bonds. The van der Waals surface area contributed by atoms with Gasteiger partial charge in [-0.2, -0.15) is 0 Å². The summed E-state index contributed by atoms with van der Waals surface area (Å²) in [5, 5.41) is 10.3. The molecule has 0 fully saturated rings. The summed E-state index contributed by atoms with van der Waals surface area (Å²) in [4.78, 5) is 1.91. The maximum atomic E-state index is 14.1. The lowest BCUT2D eigenvalue weighted by Crippen LogP contribution is -2.24. The van der Waals surface area contributed by atoms with E-state index in [1.807, 2.05) is 94.4 Å². The Bertz CT molecular complexity index is 1900. The zero-order valence-corrected chi connectivity index (χ0v) is 28.7. The number of nitrogens with one attached hydrogen (secondary N) is 1. The molecule has 0 unspecified atom stereocenters. The number of sulfonamides is 1. The van der Waals surface area contributed by atoms with Gasteiger partial charge in [-0.15, -0.1) is 0 Å². The van der Waals surface area contributed by atoms with Crippen molar-refractivity contribution in [2.45, 2.75) is 51.6 Å². The number of aryl methyl sites for hydroxylation is 2. The van der Waals surface area contributed by atoms with Crippen molar-refractivity contribution in [3.05, 3.63) is 136 Å². The second-order valence-electron chi connectivity index (χ2n) is 11.8. The fourth-order valence-electron chi connectivity index (χ4n) is 5.57. The molecule has 0 heterocycles. The van der Waals surface area contributed by atoms with Crippen molar-refractivity contribution < 1.29 is 23.0 Å². The van der Waals surface area contributed by atoms with E-state index in [1.54, 1.807) is 36.4 Å². The van der Waals surface area contributed by atoms with E-state index < -0.39 is 10.0 Å². The van der Waals surface area contributed by atoms with Crippen LogP contribution >= 0.6 is 11.6 Å². The maximum absolute atomic E-state index is 14.1. The van der Waals surface area contributed by atoms with Crippen LogP contribution in [0.4, 0.5) is 11.4 Å². The number of nitrogens with zero attached hydrogens (tertiary/aromatic N) is 1. The first-order chi connectivity index (χ1) is 22.5. The number of hydrogen-bond donors (Lipinski definition) is 2. The second-order valence-corrected chi connectivity index (χ2v) is 13.8. The molecule has 0 aliphatic heterocycles. The number of ether oxygens (including phenoxy) is 2. The van der Waals surface area contributed by atoms with Crippen molar-refractivity contribution in [1.82, 2.24) is 0 Å². The highest BCUT2D eigenvalue weighted by atomic mass is 35.5. The number of rotatable bonds is 12. The molecule has 0 aliphatic rings. The molecule has 0 bridgehead atoms. The summed E-state index contributed by atoms with van der Waals surface area (Å²) in [6.07, 6.45) is 0. The van der Waals surface area contributed by atoms with Crippen LogP contribution in [0.25, 0.3) is 0 Å². The van der Waals surface area contributed by atoms with Crippen molar-refractivity contribution in [3.63, 3.8) is 0 Å². The van der Waals surface area contributed by atoms with Gasteiger partial charge in [-0.25, -0.2) is 8.42 Å². The molecule has 0 aliphatic carbocycles. The predicted octanol–water partition coefficient (Wildman–Crippen LogP) is 9.59. The summed E-state index contributed by atoms with van der Waals surface area (Å²) in [5.41, 5.74) is 5.26. The zero-order chi connectivity index (χ0) is 33.7. The Balaban J connectivity index is 1.48. The van der Waals surface area contributed by atoms with Crippen molar-refractivity contribution in [3.8, 4) is 23.0 Å². The monoisotopic (exact) mass is 670 g/mol. The first kappa shape index (κ1) is 33.7. The number of benzene rings is 5. The van der Waals surface area contributed by atoms with Gasteiger partial charge in [0.1, 0.15) is 27.9 Å². The Morgan fingerprint density at radius 2 is 1.40 bits per heavy atom. The molecule has 5 aromatic carbocycles. The van der Waals surface area contributed by atoms with Gasteiger partial charge < -0.3 is 19.5 Å². The predicted molar refractivity (Wildman–Crippen MR) is 190 cm³/mol. The number of hydrogen-bond acceptors (Lipinski definition) is 6. The third-order valence-corrected chi connectivity index (χ3v) is 9.80. The molecule has 47 heavy (non-hydrogen) atoms. The lowest BCUT2D eigenvalue weighted by molar-refractivity contribution is 0.403. The molecule has 2 N–H and O–H groups in total. The fourth-order valence-corrected chi connectivity index (χ4v) is 7.44. The first-order valence-electron chi connectivity index (χ1n) is 15.3. The van der Waals surface area contributed by atoms with Gasteiger partial charge in [0.25, 0.3) is 10.0 Å². The molecule has 0 saturated carbocycles. The number of halogens is 1. The number of phenols is 1. The van der Waals surface area contributed by atoms with Gasteiger partial charge in [-0.05, 0) is 84.5 Å². The van der Waals surface area contributed by atoms with Crippen molar-refractivity contribution in [2.24, 2.45) is 0 Å².